The van der Waals surface area contributed by atoms with E-state index < -0.39 is 39.5 Å². The number of carbonyl (C=O) groups is 4. The Balaban J connectivity index is 0.731. The van der Waals surface area contributed by atoms with Crippen molar-refractivity contribution in [2.24, 2.45) is 0 Å². The van der Waals surface area contributed by atoms with E-state index >= 15 is 0 Å². The van der Waals surface area contributed by atoms with E-state index in [4.69, 9.17) is 28.4 Å². The predicted octanol–water partition coefficient (Wildman–Crippen LogP) is 7.55. The topological polar surface area (TPSA) is 188 Å². The number of sulfone groups is 1. The van der Waals surface area contributed by atoms with Crippen molar-refractivity contribution in [2.75, 3.05) is 84.0 Å². The standard InChI is InChI=1S/C55H58N4O12S/c1-3-58(27-30-67-33-35-68-34-32-66-29-26-56-48-11-7-10-47-51(48)55(63)59(54(47)62)49-24-25-50(60)57-53(49)61)28-31-69-41-15-17-42(18-16-41)71-52-45(39-12-20-44(21-13-39)72(2,64)65)22-14-40-36-43(19-23-46(40)52)70-37-38-8-5-4-6-9-38/h4-23,36,49,56H,3,24-35,37H2,1-2H3,(H,57,60,61). The summed E-state index contributed by atoms with van der Waals surface area (Å²) in [5.41, 5.74) is 3.58. The number of rotatable bonds is 26. The Morgan fingerprint density at radius 2 is 1.38 bits per heavy atom. The molecule has 2 N–H and O–H groups in total. The lowest BCUT2D eigenvalue weighted by molar-refractivity contribution is -0.136. The van der Waals surface area contributed by atoms with E-state index in [2.05, 4.69) is 22.5 Å². The Kier molecular flexibility index (Phi) is 17.3. The van der Waals surface area contributed by atoms with Gasteiger partial charge in [-0.2, -0.15) is 0 Å². The first-order valence-corrected chi connectivity index (χ1v) is 25.8. The van der Waals surface area contributed by atoms with Gasteiger partial charge in [0.05, 0.1) is 55.7 Å². The number of fused-ring (bicyclic) bond motifs is 2. The minimum Gasteiger partial charge on any atom is -0.492 e. The summed E-state index contributed by atoms with van der Waals surface area (Å²) in [5.74, 6) is 0.480. The van der Waals surface area contributed by atoms with Gasteiger partial charge >= 0.3 is 0 Å². The van der Waals surface area contributed by atoms with E-state index in [-0.39, 0.29) is 28.9 Å². The third-order valence-electron chi connectivity index (χ3n) is 12.3. The number of anilines is 1. The smallest absolute Gasteiger partial charge is 0.264 e. The van der Waals surface area contributed by atoms with E-state index in [0.29, 0.717) is 88.9 Å². The number of hydrogen-bond donors (Lipinski definition) is 2. The number of imide groups is 2. The van der Waals surface area contributed by atoms with Crippen LogP contribution in [0, 0.1) is 0 Å². The number of nitrogens with one attached hydrogen (secondary N) is 2. The zero-order chi connectivity index (χ0) is 50.5. The second kappa shape index (κ2) is 24.3. The molecule has 0 bridgehead atoms. The highest BCUT2D eigenvalue weighted by molar-refractivity contribution is 7.90. The van der Waals surface area contributed by atoms with Crippen LogP contribution in [-0.4, -0.2) is 127 Å². The molecular weight excluding hydrogens is 941 g/mol. The summed E-state index contributed by atoms with van der Waals surface area (Å²) in [7, 11) is -3.36. The molecule has 0 aromatic heterocycles. The lowest BCUT2D eigenvalue weighted by atomic mass is 9.99. The normalized spacial score (nSPS) is 14.7. The number of carbonyl (C=O) groups excluding carboxylic acids is 4. The van der Waals surface area contributed by atoms with Crippen molar-refractivity contribution in [3.05, 3.63) is 144 Å². The van der Waals surface area contributed by atoms with Gasteiger partial charge in [-0.15, -0.1) is 0 Å². The fourth-order valence-corrected chi connectivity index (χ4v) is 9.06. The predicted molar refractivity (Wildman–Crippen MR) is 271 cm³/mol. The number of hydrogen-bond acceptors (Lipinski definition) is 14. The van der Waals surface area contributed by atoms with E-state index in [9.17, 15) is 27.6 Å². The minimum atomic E-state index is -3.36. The van der Waals surface area contributed by atoms with Crippen molar-refractivity contribution in [3.8, 4) is 34.1 Å². The Morgan fingerprint density at radius 3 is 2.10 bits per heavy atom. The van der Waals surface area contributed by atoms with Gasteiger partial charge in [0.25, 0.3) is 11.8 Å². The van der Waals surface area contributed by atoms with Crippen LogP contribution in [0.4, 0.5) is 5.69 Å². The molecule has 2 heterocycles. The summed E-state index contributed by atoms with van der Waals surface area (Å²) in [5, 5.41) is 7.16. The molecule has 0 spiro atoms. The molecule has 16 nitrogen and oxygen atoms in total. The molecule has 2 aliphatic rings. The number of ether oxygens (including phenoxy) is 6. The zero-order valence-electron chi connectivity index (χ0n) is 40.3. The fraction of sp³-hybridized carbons (Fsp3) is 0.309. The maximum atomic E-state index is 13.3. The summed E-state index contributed by atoms with van der Waals surface area (Å²) in [6.45, 7) is 8.10. The molecule has 1 fully saturated rings. The summed E-state index contributed by atoms with van der Waals surface area (Å²) in [6, 6.07) is 38.1. The van der Waals surface area contributed by atoms with Crippen molar-refractivity contribution in [1.29, 1.82) is 0 Å². The van der Waals surface area contributed by atoms with Gasteiger partial charge < -0.3 is 33.7 Å². The highest BCUT2D eigenvalue weighted by Crippen LogP contribution is 2.41. The first-order valence-electron chi connectivity index (χ1n) is 24.0. The molecule has 6 aromatic carbocycles. The molecular formula is C55H58N4O12S. The summed E-state index contributed by atoms with van der Waals surface area (Å²) in [4.78, 5) is 53.8. The van der Waals surface area contributed by atoms with Gasteiger partial charge in [0.1, 0.15) is 42.3 Å². The van der Waals surface area contributed by atoms with Crippen LogP contribution < -0.4 is 24.8 Å². The Labute approximate surface area is 419 Å². The first kappa shape index (κ1) is 51.2. The third-order valence-corrected chi connectivity index (χ3v) is 13.4. The Hall–Kier alpha value is -7.15. The molecule has 6 aromatic rings. The molecule has 1 atom stereocenters. The average molecular weight is 999 g/mol. The van der Waals surface area contributed by atoms with Crippen LogP contribution in [-0.2, 0) is 40.2 Å². The largest absolute Gasteiger partial charge is 0.492 e. The van der Waals surface area contributed by atoms with E-state index in [1.54, 1.807) is 42.5 Å². The van der Waals surface area contributed by atoms with Crippen molar-refractivity contribution < 1.29 is 56.0 Å². The van der Waals surface area contributed by atoms with Crippen LogP contribution in [0.2, 0.25) is 0 Å². The maximum Gasteiger partial charge on any atom is 0.264 e. The van der Waals surface area contributed by atoms with Gasteiger partial charge in [-0.25, -0.2) is 8.42 Å². The number of benzene rings is 6. The number of amides is 4. The highest BCUT2D eigenvalue weighted by Gasteiger charge is 2.45. The maximum absolute atomic E-state index is 13.3. The Morgan fingerprint density at radius 1 is 0.681 bits per heavy atom. The first-order chi connectivity index (χ1) is 35.0. The van der Waals surface area contributed by atoms with Crippen molar-refractivity contribution in [1.82, 2.24) is 15.1 Å². The summed E-state index contributed by atoms with van der Waals surface area (Å²) in [6.07, 6.45) is 1.34. The quantitative estimate of drug-likeness (QED) is 0.0401. The molecule has 72 heavy (non-hydrogen) atoms. The molecule has 8 rings (SSSR count). The fourth-order valence-electron chi connectivity index (χ4n) is 8.43. The van der Waals surface area contributed by atoms with Crippen LogP contribution >= 0.6 is 0 Å². The number of piperidine rings is 1. The minimum absolute atomic E-state index is 0.0565. The molecule has 2 aliphatic heterocycles. The number of nitrogens with zero attached hydrogens (tertiary/aromatic N) is 2. The molecule has 17 heteroatoms. The van der Waals surface area contributed by atoms with Crippen LogP contribution in [0.1, 0.15) is 46.0 Å². The van der Waals surface area contributed by atoms with Crippen LogP contribution in [0.3, 0.4) is 0 Å². The molecule has 4 amide bonds. The van der Waals surface area contributed by atoms with Crippen molar-refractivity contribution in [2.45, 2.75) is 37.3 Å². The number of likely N-dealkylation sites (N-methyl/N-ethyl adjacent to an activating group) is 1. The van der Waals surface area contributed by atoms with E-state index in [0.717, 1.165) is 51.2 Å². The third kappa shape index (κ3) is 13.0. The van der Waals surface area contributed by atoms with Gasteiger partial charge in [-0.05, 0) is 102 Å². The SMILES string of the molecule is CCN(CCOCCOCCOCCNc1cccc2c1C(=O)N(C1CCC(=O)NC1=O)C2=O)CCOc1ccc(Oc2c(-c3ccc(S(C)(=O)=O)cc3)ccc3cc(OCc4ccccc4)ccc23)cc1. The van der Waals surface area contributed by atoms with Gasteiger partial charge in [0.2, 0.25) is 11.8 Å². The monoisotopic (exact) mass is 998 g/mol. The van der Waals surface area contributed by atoms with Gasteiger partial charge in [-0.1, -0.05) is 61.5 Å². The molecule has 0 aliphatic carbocycles. The van der Waals surface area contributed by atoms with Crippen molar-refractivity contribution >= 4 is 49.9 Å². The summed E-state index contributed by atoms with van der Waals surface area (Å²) < 4.78 is 60.4. The second-order valence-electron chi connectivity index (χ2n) is 17.2. The molecule has 1 unspecified atom stereocenters. The summed E-state index contributed by atoms with van der Waals surface area (Å²) >= 11 is 0. The lowest BCUT2D eigenvalue weighted by Crippen LogP contribution is -2.54. The van der Waals surface area contributed by atoms with E-state index in [1.807, 2.05) is 84.9 Å². The second-order valence-corrected chi connectivity index (χ2v) is 19.2. The van der Waals surface area contributed by atoms with Crippen molar-refractivity contribution in [3.63, 3.8) is 0 Å². The average Bonchev–Trinajstić information content (AvgIpc) is 3.64. The molecule has 1 saturated heterocycles. The molecule has 0 saturated carbocycles. The van der Waals surface area contributed by atoms with E-state index in [1.165, 1.54) is 6.26 Å². The Bertz CT molecular complexity index is 2970. The van der Waals surface area contributed by atoms with Gasteiger partial charge in [0, 0.05) is 48.9 Å². The molecule has 376 valence electrons. The lowest BCUT2D eigenvalue weighted by Gasteiger charge is -2.27. The van der Waals surface area contributed by atoms with Crippen LogP contribution in [0.15, 0.2) is 132 Å². The van der Waals surface area contributed by atoms with Crippen LogP contribution in [0.25, 0.3) is 21.9 Å². The zero-order valence-corrected chi connectivity index (χ0v) is 41.1. The van der Waals surface area contributed by atoms with Gasteiger partial charge in [-0.3, -0.25) is 34.3 Å². The van der Waals surface area contributed by atoms with Gasteiger partial charge in [0.15, 0.2) is 9.84 Å². The highest BCUT2D eigenvalue weighted by atomic mass is 32.2. The molecule has 0 radical (unpaired) electrons. The van der Waals surface area contributed by atoms with Crippen LogP contribution in [0.5, 0.6) is 23.0 Å².